The fourth-order valence-corrected chi connectivity index (χ4v) is 1.74. The molecule has 3 rings (SSSR count). The molecule has 1 fully saturated rings. The number of rotatable bonds is 4. The standard InChI is InChI=1S/C13H15N3O/c1-9-3-2-4-10(7-9)13-15-12(16-17-13)8-14-11-5-6-11/h2-4,7,11,14H,5-6,8H2,1H3. The summed E-state index contributed by atoms with van der Waals surface area (Å²) in [6.45, 7) is 2.75. The summed E-state index contributed by atoms with van der Waals surface area (Å²) < 4.78 is 5.26. The van der Waals surface area contributed by atoms with Crippen LogP contribution in [0, 0.1) is 6.92 Å². The molecule has 1 saturated carbocycles. The van der Waals surface area contributed by atoms with Crippen molar-refractivity contribution in [3.63, 3.8) is 0 Å². The van der Waals surface area contributed by atoms with E-state index in [0.29, 0.717) is 18.5 Å². The first-order valence-corrected chi connectivity index (χ1v) is 5.94. The summed E-state index contributed by atoms with van der Waals surface area (Å²) in [5, 5.41) is 7.34. The first-order chi connectivity index (χ1) is 8.31. The minimum atomic E-state index is 0.598. The third kappa shape index (κ3) is 2.53. The van der Waals surface area contributed by atoms with Gasteiger partial charge in [-0.2, -0.15) is 4.98 Å². The van der Waals surface area contributed by atoms with E-state index < -0.39 is 0 Å². The minimum Gasteiger partial charge on any atom is -0.334 e. The van der Waals surface area contributed by atoms with Gasteiger partial charge >= 0.3 is 0 Å². The van der Waals surface area contributed by atoms with Gasteiger partial charge in [0.25, 0.3) is 5.89 Å². The van der Waals surface area contributed by atoms with Gasteiger partial charge in [-0.25, -0.2) is 0 Å². The largest absolute Gasteiger partial charge is 0.334 e. The van der Waals surface area contributed by atoms with Gasteiger partial charge in [0.05, 0.1) is 6.54 Å². The Morgan fingerprint density at radius 2 is 2.29 bits per heavy atom. The van der Waals surface area contributed by atoms with Gasteiger partial charge in [-0.05, 0) is 31.9 Å². The Hall–Kier alpha value is -1.68. The zero-order valence-corrected chi connectivity index (χ0v) is 9.81. The normalized spacial score (nSPS) is 15.1. The average molecular weight is 229 g/mol. The maximum Gasteiger partial charge on any atom is 0.257 e. The van der Waals surface area contributed by atoms with E-state index in [1.54, 1.807) is 0 Å². The summed E-state index contributed by atoms with van der Waals surface area (Å²) in [5.41, 5.74) is 2.17. The van der Waals surface area contributed by atoms with Crippen molar-refractivity contribution in [3.05, 3.63) is 35.7 Å². The van der Waals surface area contributed by atoms with Crippen molar-refractivity contribution >= 4 is 0 Å². The topological polar surface area (TPSA) is 51.0 Å². The molecule has 0 unspecified atom stereocenters. The van der Waals surface area contributed by atoms with Crippen molar-refractivity contribution in [3.8, 4) is 11.5 Å². The molecule has 4 heteroatoms. The lowest BCUT2D eigenvalue weighted by atomic mass is 10.1. The number of nitrogens with one attached hydrogen (secondary N) is 1. The van der Waals surface area contributed by atoms with E-state index in [1.807, 2.05) is 18.2 Å². The summed E-state index contributed by atoms with van der Waals surface area (Å²) in [4.78, 5) is 4.38. The molecular formula is C13H15N3O. The predicted octanol–water partition coefficient (Wildman–Crippen LogP) is 2.30. The Bertz CT molecular complexity index is 517. The van der Waals surface area contributed by atoms with Crippen LogP contribution in [0.3, 0.4) is 0 Å². The van der Waals surface area contributed by atoms with E-state index in [9.17, 15) is 0 Å². The quantitative estimate of drug-likeness (QED) is 0.874. The summed E-state index contributed by atoms with van der Waals surface area (Å²) in [7, 11) is 0. The molecule has 0 spiro atoms. The number of benzene rings is 1. The van der Waals surface area contributed by atoms with Crippen molar-refractivity contribution < 1.29 is 4.52 Å². The molecule has 0 atom stereocenters. The molecule has 1 aliphatic carbocycles. The molecule has 4 nitrogen and oxygen atoms in total. The molecule has 1 N–H and O–H groups in total. The van der Waals surface area contributed by atoms with Gasteiger partial charge < -0.3 is 9.84 Å². The molecule has 17 heavy (non-hydrogen) atoms. The zero-order chi connectivity index (χ0) is 11.7. The van der Waals surface area contributed by atoms with Gasteiger partial charge in [0, 0.05) is 11.6 Å². The van der Waals surface area contributed by atoms with Crippen LogP contribution in [-0.4, -0.2) is 16.2 Å². The van der Waals surface area contributed by atoms with Crippen LogP contribution in [0.15, 0.2) is 28.8 Å². The molecule has 0 bridgehead atoms. The van der Waals surface area contributed by atoms with Crippen LogP contribution in [0.1, 0.15) is 24.2 Å². The van der Waals surface area contributed by atoms with Gasteiger partial charge in [0.1, 0.15) is 0 Å². The van der Waals surface area contributed by atoms with Crippen molar-refractivity contribution in [2.75, 3.05) is 0 Å². The SMILES string of the molecule is Cc1cccc(-c2nc(CNC3CC3)no2)c1. The lowest BCUT2D eigenvalue weighted by molar-refractivity contribution is 0.419. The van der Waals surface area contributed by atoms with Crippen LogP contribution in [0.25, 0.3) is 11.5 Å². The van der Waals surface area contributed by atoms with Crippen LogP contribution in [0.4, 0.5) is 0 Å². The molecular weight excluding hydrogens is 214 g/mol. The second kappa shape index (κ2) is 4.30. The Kier molecular flexibility index (Phi) is 2.65. The summed E-state index contributed by atoms with van der Waals surface area (Å²) in [6.07, 6.45) is 2.53. The third-order valence-electron chi connectivity index (χ3n) is 2.86. The molecule has 0 aliphatic heterocycles. The first kappa shape index (κ1) is 10.5. The molecule has 2 aromatic rings. The Morgan fingerprint density at radius 1 is 1.41 bits per heavy atom. The number of hydrogen-bond acceptors (Lipinski definition) is 4. The van der Waals surface area contributed by atoms with E-state index in [-0.39, 0.29) is 0 Å². The molecule has 1 aromatic heterocycles. The zero-order valence-electron chi connectivity index (χ0n) is 9.81. The molecule has 0 saturated heterocycles. The highest BCUT2D eigenvalue weighted by molar-refractivity contribution is 5.53. The highest BCUT2D eigenvalue weighted by atomic mass is 16.5. The Morgan fingerprint density at radius 3 is 3.06 bits per heavy atom. The lowest BCUT2D eigenvalue weighted by Crippen LogP contribution is -2.16. The minimum absolute atomic E-state index is 0.598. The fraction of sp³-hybridized carbons (Fsp3) is 0.385. The van der Waals surface area contributed by atoms with Crippen molar-refractivity contribution in [2.45, 2.75) is 32.4 Å². The van der Waals surface area contributed by atoms with Crippen LogP contribution in [0.5, 0.6) is 0 Å². The number of hydrogen-bond donors (Lipinski definition) is 1. The van der Waals surface area contributed by atoms with E-state index in [2.05, 4.69) is 28.4 Å². The Balaban J connectivity index is 1.74. The molecule has 1 heterocycles. The number of aromatic nitrogens is 2. The monoisotopic (exact) mass is 229 g/mol. The van der Waals surface area contributed by atoms with Crippen molar-refractivity contribution in [1.29, 1.82) is 0 Å². The molecule has 1 aromatic carbocycles. The van der Waals surface area contributed by atoms with Gasteiger partial charge in [0.15, 0.2) is 5.82 Å². The maximum atomic E-state index is 5.26. The highest BCUT2D eigenvalue weighted by Crippen LogP contribution is 2.20. The molecule has 88 valence electrons. The predicted molar refractivity (Wildman–Crippen MR) is 64.3 cm³/mol. The smallest absolute Gasteiger partial charge is 0.257 e. The van der Waals surface area contributed by atoms with Crippen molar-refractivity contribution in [1.82, 2.24) is 15.5 Å². The highest BCUT2D eigenvalue weighted by Gasteiger charge is 2.21. The fourth-order valence-electron chi connectivity index (χ4n) is 1.74. The van der Waals surface area contributed by atoms with Crippen LogP contribution in [-0.2, 0) is 6.54 Å². The van der Waals surface area contributed by atoms with E-state index in [1.165, 1.54) is 18.4 Å². The number of aryl methyl sites for hydroxylation is 1. The average Bonchev–Trinajstić information content (AvgIpc) is 3.04. The van der Waals surface area contributed by atoms with Gasteiger partial charge in [-0.3, -0.25) is 0 Å². The van der Waals surface area contributed by atoms with E-state index in [4.69, 9.17) is 4.52 Å². The molecule has 0 amide bonds. The lowest BCUT2D eigenvalue weighted by Gasteiger charge is -1.96. The second-order valence-corrected chi connectivity index (χ2v) is 4.54. The van der Waals surface area contributed by atoms with Gasteiger partial charge in [0.2, 0.25) is 0 Å². The second-order valence-electron chi connectivity index (χ2n) is 4.54. The Labute approximate surface area is 100 Å². The van der Waals surface area contributed by atoms with Gasteiger partial charge in [-0.1, -0.05) is 22.9 Å². The summed E-state index contributed by atoms with van der Waals surface area (Å²) in [6, 6.07) is 8.74. The molecule has 1 aliphatic rings. The van der Waals surface area contributed by atoms with Crippen LogP contribution >= 0.6 is 0 Å². The maximum absolute atomic E-state index is 5.26. The molecule has 0 radical (unpaired) electrons. The summed E-state index contributed by atoms with van der Waals surface area (Å²) >= 11 is 0. The van der Waals surface area contributed by atoms with Gasteiger partial charge in [-0.15, -0.1) is 0 Å². The third-order valence-corrected chi connectivity index (χ3v) is 2.86. The van der Waals surface area contributed by atoms with Crippen LogP contribution in [0.2, 0.25) is 0 Å². The first-order valence-electron chi connectivity index (χ1n) is 5.94. The van der Waals surface area contributed by atoms with E-state index >= 15 is 0 Å². The summed E-state index contributed by atoms with van der Waals surface area (Å²) in [5.74, 6) is 1.33. The van der Waals surface area contributed by atoms with Crippen molar-refractivity contribution in [2.24, 2.45) is 0 Å². The van der Waals surface area contributed by atoms with Crippen LogP contribution < -0.4 is 5.32 Å². The van der Waals surface area contributed by atoms with E-state index in [0.717, 1.165) is 11.4 Å². The number of nitrogens with zero attached hydrogens (tertiary/aromatic N) is 2.